The Bertz CT molecular complexity index is 1470. The number of hydrogen-bond donors (Lipinski definition) is 2. The monoisotopic (exact) mass is 582 g/mol. The minimum Gasteiger partial charge on any atom is -0.493 e. The molecule has 0 radical (unpaired) electrons. The highest BCUT2D eigenvalue weighted by Gasteiger charge is 2.53. The van der Waals surface area contributed by atoms with Gasteiger partial charge in [0, 0.05) is 11.8 Å². The van der Waals surface area contributed by atoms with Gasteiger partial charge in [0.05, 0.1) is 44.8 Å². The average molecular weight is 583 g/mol. The first kappa shape index (κ1) is 26.2. The van der Waals surface area contributed by atoms with Gasteiger partial charge in [-0.05, 0) is 64.6 Å². The second-order valence-electron chi connectivity index (χ2n) is 9.47. The molecule has 3 heterocycles. The number of amides is 1. The van der Waals surface area contributed by atoms with Crippen LogP contribution in [0.3, 0.4) is 0 Å². The summed E-state index contributed by atoms with van der Waals surface area (Å²) in [5.74, 6) is 0.634. The molecule has 1 saturated heterocycles. The number of fused-ring (bicyclic) bond motifs is 3. The second kappa shape index (κ2) is 10.5. The van der Waals surface area contributed by atoms with Gasteiger partial charge in [0.1, 0.15) is 0 Å². The van der Waals surface area contributed by atoms with Crippen molar-refractivity contribution in [2.45, 2.75) is 12.0 Å². The Morgan fingerprint density at radius 1 is 1.00 bits per heavy atom. The predicted molar refractivity (Wildman–Crippen MR) is 149 cm³/mol. The second-order valence-corrected chi connectivity index (χ2v) is 10.8. The summed E-state index contributed by atoms with van der Waals surface area (Å²) >= 11 is 6.87. The normalized spacial score (nSPS) is 22.0. The summed E-state index contributed by atoms with van der Waals surface area (Å²) in [7, 11) is 4.63. The van der Waals surface area contributed by atoms with Gasteiger partial charge in [0.25, 0.3) is 5.91 Å². The predicted octanol–water partition coefficient (Wildman–Crippen LogP) is 3.78. The van der Waals surface area contributed by atoms with Crippen molar-refractivity contribution in [1.29, 1.82) is 0 Å². The number of esters is 1. The summed E-state index contributed by atoms with van der Waals surface area (Å²) in [4.78, 5) is 26.5. The van der Waals surface area contributed by atoms with E-state index in [1.54, 1.807) is 26.4 Å². The van der Waals surface area contributed by atoms with Crippen LogP contribution in [0.25, 0.3) is 0 Å². The maximum atomic E-state index is 13.3. The van der Waals surface area contributed by atoms with E-state index >= 15 is 0 Å². The third-order valence-electron chi connectivity index (χ3n) is 7.49. The Balaban J connectivity index is 1.45. The van der Waals surface area contributed by atoms with Crippen LogP contribution in [0.4, 0.5) is 0 Å². The van der Waals surface area contributed by atoms with Crippen LogP contribution in [0.2, 0.25) is 0 Å². The van der Waals surface area contributed by atoms with Gasteiger partial charge in [-0.15, -0.1) is 11.3 Å². The number of ether oxygens (including phenoxy) is 6. The number of nitrogens with one attached hydrogen (secondary N) is 2. The van der Waals surface area contributed by atoms with Gasteiger partial charge in [-0.3, -0.25) is 14.9 Å². The van der Waals surface area contributed by atoms with E-state index in [1.807, 2.05) is 29.6 Å². The molecule has 208 valence electrons. The molecule has 40 heavy (non-hydrogen) atoms. The van der Waals surface area contributed by atoms with Crippen LogP contribution in [0.15, 0.2) is 41.8 Å². The Morgan fingerprint density at radius 2 is 1.70 bits per heavy atom. The lowest BCUT2D eigenvalue weighted by Gasteiger charge is -2.40. The number of thiocarbonyl (C=S) groups is 1. The summed E-state index contributed by atoms with van der Waals surface area (Å²) in [6, 6.07) is 10.6. The highest BCUT2D eigenvalue weighted by atomic mass is 32.1. The zero-order chi connectivity index (χ0) is 28.0. The first-order valence-corrected chi connectivity index (χ1v) is 13.8. The van der Waals surface area contributed by atoms with E-state index in [4.69, 9.17) is 40.6 Å². The standard InChI is InChI=1S/C28H26N2O8S2/c1-33-19-7-13(8-20(34-2)25(19)35-3)22-14-9-17-18(38-12-37-17)10-15(14)24(16-11-36-27(32)23(16)22)29-28(39)30-26(31)21-5-4-6-40-21/h4-10,16,22-24H,11-12H2,1-3H3,(H2,29,30,31,39)/t16-,22+,23-,24+/m0/s1. The van der Waals surface area contributed by atoms with E-state index < -0.39 is 17.9 Å². The molecule has 1 amide bonds. The highest BCUT2D eigenvalue weighted by Crippen LogP contribution is 2.55. The number of carbonyl (C=O) groups is 2. The van der Waals surface area contributed by atoms with Gasteiger partial charge in [0.15, 0.2) is 28.1 Å². The van der Waals surface area contributed by atoms with Crippen molar-refractivity contribution in [3.05, 3.63) is 63.3 Å². The third kappa shape index (κ3) is 4.37. The summed E-state index contributed by atoms with van der Waals surface area (Å²) in [5.41, 5.74) is 2.48. The van der Waals surface area contributed by atoms with Gasteiger partial charge in [-0.1, -0.05) is 6.07 Å². The number of thiophene rings is 1. The molecule has 0 spiro atoms. The molecule has 0 unspecified atom stereocenters. The Labute approximate surface area is 239 Å². The summed E-state index contributed by atoms with van der Waals surface area (Å²) in [5, 5.41) is 8.01. The molecule has 3 aliphatic rings. The van der Waals surface area contributed by atoms with Crippen molar-refractivity contribution in [3.63, 3.8) is 0 Å². The van der Waals surface area contributed by atoms with Gasteiger partial charge >= 0.3 is 5.97 Å². The molecular formula is C28H26N2O8S2. The molecule has 2 aromatic carbocycles. The van der Waals surface area contributed by atoms with E-state index in [0.29, 0.717) is 33.6 Å². The van der Waals surface area contributed by atoms with Crippen LogP contribution < -0.4 is 34.3 Å². The number of carbonyl (C=O) groups excluding carboxylic acids is 2. The lowest BCUT2D eigenvalue weighted by atomic mass is 9.65. The molecule has 0 saturated carbocycles. The van der Waals surface area contributed by atoms with Crippen LogP contribution in [0, 0.1) is 11.8 Å². The summed E-state index contributed by atoms with van der Waals surface area (Å²) in [6.45, 7) is 0.271. The van der Waals surface area contributed by atoms with E-state index in [-0.39, 0.29) is 36.3 Å². The molecule has 2 aliphatic heterocycles. The van der Waals surface area contributed by atoms with Crippen molar-refractivity contribution in [2.75, 3.05) is 34.7 Å². The number of benzene rings is 2. The molecule has 1 aliphatic carbocycles. The Hall–Kier alpha value is -4.03. The summed E-state index contributed by atoms with van der Waals surface area (Å²) in [6.07, 6.45) is 0. The van der Waals surface area contributed by atoms with Crippen molar-refractivity contribution < 1.29 is 38.0 Å². The Kier molecular flexibility index (Phi) is 6.88. The molecular weight excluding hydrogens is 556 g/mol. The average Bonchev–Trinajstić information content (AvgIpc) is 3.73. The largest absolute Gasteiger partial charge is 0.493 e. The lowest BCUT2D eigenvalue weighted by molar-refractivity contribution is -0.141. The molecule has 3 aromatic rings. The number of methoxy groups -OCH3 is 3. The quantitative estimate of drug-likeness (QED) is 0.329. The number of cyclic esters (lactones) is 1. The fraction of sp³-hybridized carbons (Fsp3) is 0.321. The van der Waals surface area contributed by atoms with Gasteiger partial charge < -0.3 is 33.7 Å². The van der Waals surface area contributed by atoms with Gasteiger partial charge in [0.2, 0.25) is 12.5 Å². The molecule has 10 nitrogen and oxygen atoms in total. The fourth-order valence-electron chi connectivity index (χ4n) is 5.78. The molecule has 12 heteroatoms. The number of hydrogen-bond acceptors (Lipinski definition) is 10. The van der Waals surface area contributed by atoms with Crippen LogP contribution in [-0.2, 0) is 9.53 Å². The van der Waals surface area contributed by atoms with E-state index in [0.717, 1.165) is 16.7 Å². The molecule has 1 fully saturated rings. The SMILES string of the molecule is COc1cc([C@@H]2c3cc4c(cc3[C@@H](NC(=S)NC(=O)c3cccs3)[C@H]3COC(=O)[C@H]23)OCO4)cc(OC)c1OC. The van der Waals surface area contributed by atoms with Crippen LogP contribution in [0.5, 0.6) is 28.7 Å². The minimum atomic E-state index is -0.566. The molecule has 0 bridgehead atoms. The van der Waals surface area contributed by atoms with Crippen molar-refractivity contribution in [1.82, 2.24) is 10.6 Å². The van der Waals surface area contributed by atoms with E-state index in [9.17, 15) is 9.59 Å². The zero-order valence-corrected chi connectivity index (χ0v) is 23.5. The van der Waals surface area contributed by atoms with E-state index in [1.165, 1.54) is 18.4 Å². The maximum Gasteiger partial charge on any atom is 0.310 e. The molecule has 1 aromatic heterocycles. The van der Waals surface area contributed by atoms with Crippen molar-refractivity contribution in [3.8, 4) is 28.7 Å². The maximum absolute atomic E-state index is 13.3. The topological polar surface area (TPSA) is 114 Å². The fourth-order valence-corrected chi connectivity index (χ4v) is 6.62. The molecule has 2 N–H and O–H groups in total. The smallest absolute Gasteiger partial charge is 0.310 e. The third-order valence-corrected chi connectivity index (χ3v) is 8.58. The van der Waals surface area contributed by atoms with Crippen molar-refractivity contribution in [2.24, 2.45) is 11.8 Å². The lowest BCUT2D eigenvalue weighted by Crippen LogP contribution is -2.47. The Morgan fingerprint density at radius 3 is 2.33 bits per heavy atom. The number of rotatable bonds is 6. The van der Waals surface area contributed by atoms with E-state index in [2.05, 4.69) is 10.6 Å². The van der Waals surface area contributed by atoms with Gasteiger partial charge in [-0.25, -0.2) is 0 Å². The first-order chi connectivity index (χ1) is 19.4. The highest BCUT2D eigenvalue weighted by molar-refractivity contribution is 7.80. The minimum absolute atomic E-state index is 0.0926. The molecule has 4 atom stereocenters. The van der Waals surface area contributed by atoms with Crippen LogP contribution in [0.1, 0.15) is 38.3 Å². The van der Waals surface area contributed by atoms with Crippen molar-refractivity contribution >= 4 is 40.5 Å². The zero-order valence-electron chi connectivity index (χ0n) is 21.8. The van der Waals surface area contributed by atoms with Gasteiger partial charge in [-0.2, -0.15) is 0 Å². The van der Waals surface area contributed by atoms with Crippen LogP contribution >= 0.6 is 23.6 Å². The molecule has 6 rings (SSSR count). The summed E-state index contributed by atoms with van der Waals surface area (Å²) < 4.78 is 33.8. The van der Waals surface area contributed by atoms with Crippen LogP contribution in [-0.4, -0.2) is 51.7 Å². The first-order valence-electron chi connectivity index (χ1n) is 12.5.